The largest absolute Gasteiger partial charge is 0.494 e. The fourth-order valence-electron chi connectivity index (χ4n) is 1.03. The highest BCUT2D eigenvalue weighted by molar-refractivity contribution is 9.10. The molecule has 0 spiro atoms. The number of benzene rings is 1. The van der Waals surface area contributed by atoms with Gasteiger partial charge in [0.15, 0.2) is 0 Å². The lowest BCUT2D eigenvalue weighted by molar-refractivity contribution is 0.416. The maximum Gasteiger partial charge on any atom is 0.145 e. The quantitative estimate of drug-likeness (QED) is 0.766. The molecule has 1 aromatic carbocycles. The number of anilines is 2. The third-order valence-electron chi connectivity index (χ3n) is 1.57. The Morgan fingerprint density at radius 3 is 2.67 bits per heavy atom. The van der Waals surface area contributed by atoms with Crippen LogP contribution in [0.4, 0.5) is 11.4 Å². The first kappa shape index (κ1) is 9.19. The normalized spacial score (nSPS) is 9.58. The zero-order chi connectivity index (χ0) is 9.14. The summed E-state index contributed by atoms with van der Waals surface area (Å²) in [4.78, 5) is 0. The number of ether oxygens (including phenoxy) is 1. The zero-order valence-electron chi connectivity index (χ0n) is 7.02. The van der Waals surface area contributed by atoms with E-state index in [0.29, 0.717) is 5.69 Å². The van der Waals surface area contributed by atoms with Crippen molar-refractivity contribution >= 4 is 27.3 Å². The predicted octanol–water partition coefficient (Wildman–Crippen LogP) is 2.08. The van der Waals surface area contributed by atoms with Gasteiger partial charge in [0, 0.05) is 11.5 Å². The Bertz CT molecular complexity index is 289. The molecule has 0 aliphatic rings. The molecule has 0 amide bonds. The molecular formula is C8H11BrN2O. The van der Waals surface area contributed by atoms with Gasteiger partial charge in [-0.2, -0.15) is 0 Å². The highest BCUT2D eigenvalue weighted by Crippen LogP contribution is 2.33. The first-order valence-electron chi connectivity index (χ1n) is 3.49. The number of nitrogens with one attached hydrogen (secondary N) is 1. The van der Waals surface area contributed by atoms with Gasteiger partial charge >= 0.3 is 0 Å². The third-order valence-corrected chi connectivity index (χ3v) is 2.03. The van der Waals surface area contributed by atoms with Crippen molar-refractivity contribution < 1.29 is 4.74 Å². The maximum absolute atomic E-state index is 5.74. The highest BCUT2D eigenvalue weighted by atomic mass is 79.9. The molecule has 0 unspecified atom stereocenters. The van der Waals surface area contributed by atoms with Gasteiger partial charge in [0.2, 0.25) is 0 Å². The second-order valence-electron chi connectivity index (χ2n) is 2.32. The molecule has 3 N–H and O–H groups in total. The van der Waals surface area contributed by atoms with Gasteiger partial charge in [0.05, 0.1) is 18.5 Å². The lowest BCUT2D eigenvalue weighted by atomic mass is 10.2. The van der Waals surface area contributed by atoms with Crippen molar-refractivity contribution in [2.45, 2.75) is 0 Å². The van der Waals surface area contributed by atoms with Crippen molar-refractivity contribution in [3.05, 3.63) is 16.6 Å². The van der Waals surface area contributed by atoms with Gasteiger partial charge in [0.1, 0.15) is 5.75 Å². The Hall–Kier alpha value is -0.900. The minimum atomic E-state index is 0.670. The topological polar surface area (TPSA) is 47.3 Å². The van der Waals surface area contributed by atoms with E-state index in [1.165, 1.54) is 0 Å². The number of hydrogen-bond donors (Lipinski definition) is 2. The molecule has 66 valence electrons. The summed E-state index contributed by atoms with van der Waals surface area (Å²) in [5.41, 5.74) is 7.23. The molecule has 0 fully saturated rings. The van der Waals surface area contributed by atoms with Crippen molar-refractivity contribution in [1.29, 1.82) is 0 Å². The highest BCUT2D eigenvalue weighted by Gasteiger charge is 2.05. The van der Waals surface area contributed by atoms with Gasteiger partial charge in [0.25, 0.3) is 0 Å². The Kier molecular flexibility index (Phi) is 2.81. The fraction of sp³-hybridized carbons (Fsp3) is 0.250. The molecule has 0 saturated heterocycles. The average Bonchev–Trinajstić information content (AvgIpc) is 2.03. The van der Waals surface area contributed by atoms with Crippen LogP contribution in [0.15, 0.2) is 16.6 Å². The van der Waals surface area contributed by atoms with Crippen molar-refractivity contribution in [2.24, 2.45) is 0 Å². The van der Waals surface area contributed by atoms with E-state index in [1.54, 1.807) is 7.11 Å². The summed E-state index contributed by atoms with van der Waals surface area (Å²) in [5, 5.41) is 2.97. The summed E-state index contributed by atoms with van der Waals surface area (Å²) in [6.07, 6.45) is 0. The monoisotopic (exact) mass is 230 g/mol. The SMILES string of the molecule is CNc1c(N)cc(Br)cc1OC. The average molecular weight is 231 g/mol. The van der Waals surface area contributed by atoms with Gasteiger partial charge in [-0.25, -0.2) is 0 Å². The molecule has 12 heavy (non-hydrogen) atoms. The number of rotatable bonds is 2. The molecule has 1 aromatic rings. The zero-order valence-corrected chi connectivity index (χ0v) is 8.60. The van der Waals surface area contributed by atoms with E-state index in [9.17, 15) is 0 Å². The van der Waals surface area contributed by atoms with E-state index in [2.05, 4.69) is 21.2 Å². The van der Waals surface area contributed by atoms with Crippen LogP contribution in [-0.4, -0.2) is 14.2 Å². The van der Waals surface area contributed by atoms with Gasteiger partial charge < -0.3 is 15.8 Å². The number of halogens is 1. The summed E-state index contributed by atoms with van der Waals surface area (Å²) >= 11 is 3.33. The Morgan fingerprint density at radius 1 is 1.50 bits per heavy atom. The van der Waals surface area contributed by atoms with Crippen molar-refractivity contribution in [3.63, 3.8) is 0 Å². The molecule has 0 atom stereocenters. The Morgan fingerprint density at radius 2 is 2.17 bits per heavy atom. The minimum Gasteiger partial charge on any atom is -0.494 e. The first-order chi connectivity index (χ1) is 5.69. The number of nitrogen functional groups attached to an aromatic ring is 1. The lowest BCUT2D eigenvalue weighted by Crippen LogP contribution is -1.98. The first-order valence-corrected chi connectivity index (χ1v) is 4.29. The van der Waals surface area contributed by atoms with Gasteiger partial charge in [-0.1, -0.05) is 15.9 Å². The molecule has 0 saturated carbocycles. The molecule has 0 aromatic heterocycles. The van der Waals surface area contributed by atoms with E-state index in [4.69, 9.17) is 10.5 Å². The smallest absolute Gasteiger partial charge is 0.145 e. The van der Waals surface area contributed by atoms with Crippen LogP contribution in [0.3, 0.4) is 0 Å². The van der Waals surface area contributed by atoms with E-state index >= 15 is 0 Å². The van der Waals surface area contributed by atoms with Crippen LogP contribution < -0.4 is 15.8 Å². The molecule has 0 aliphatic carbocycles. The number of methoxy groups -OCH3 is 1. The van der Waals surface area contributed by atoms with Gasteiger partial charge in [-0.3, -0.25) is 0 Å². The van der Waals surface area contributed by atoms with Crippen molar-refractivity contribution in [1.82, 2.24) is 0 Å². The predicted molar refractivity (Wildman–Crippen MR) is 54.7 cm³/mol. The van der Waals surface area contributed by atoms with Crippen LogP contribution in [0.1, 0.15) is 0 Å². The molecule has 1 rings (SSSR count). The van der Waals surface area contributed by atoms with E-state index < -0.39 is 0 Å². The van der Waals surface area contributed by atoms with Crippen molar-refractivity contribution in [3.8, 4) is 5.75 Å². The fourth-order valence-corrected chi connectivity index (χ4v) is 1.49. The Labute approximate surface area is 80.0 Å². The summed E-state index contributed by atoms with van der Waals surface area (Å²) in [7, 11) is 3.42. The number of nitrogens with two attached hydrogens (primary N) is 1. The van der Waals surface area contributed by atoms with Crippen LogP contribution >= 0.6 is 15.9 Å². The maximum atomic E-state index is 5.74. The molecule has 3 nitrogen and oxygen atoms in total. The van der Waals surface area contributed by atoms with Crippen LogP contribution in [0.5, 0.6) is 5.75 Å². The van der Waals surface area contributed by atoms with Gasteiger partial charge in [-0.15, -0.1) is 0 Å². The van der Waals surface area contributed by atoms with Crippen LogP contribution in [0.25, 0.3) is 0 Å². The van der Waals surface area contributed by atoms with Crippen LogP contribution in [0.2, 0.25) is 0 Å². The molecule has 0 heterocycles. The van der Waals surface area contributed by atoms with Gasteiger partial charge in [-0.05, 0) is 12.1 Å². The van der Waals surface area contributed by atoms with E-state index in [-0.39, 0.29) is 0 Å². The number of hydrogen-bond acceptors (Lipinski definition) is 3. The second-order valence-corrected chi connectivity index (χ2v) is 3.24. The molecule has 0 radical (unpaired) electrons. The second kappa shape index (κ2) is 3.67. The van der Waals surface area contributed by atoms with E-state index in [1.807, 2.05) is 19.2 Å². The summed E-state index contributed by atoms with van der Waals surface area (Å²) in [6, 6.07) is 3.69. The molecule has 4 heteroatoms. The summed E-state index contributed by atoms with van der Waals surface area (Å²) in [5.74, 6) is 0.740. The third kappa shape index (κ3) is 1.64. The molecular weight excluding hydrogens is 220 g/mol. The standard InChI is InChI=1S/C8H11BrN2O/c1-11-8-6(10)3-5(9)4-7(8)12-2/h3-4,11H,10H2,1-2H3. The van der Waals surface area contributed by atoms with E-state index in [0.717, 1.165) is 15.9 Å². The van der Waals surface area contributed by atoms with Crippen LogP contribution in [-0.2, 0) is 0 Å². The minimum absolute atomic E-state index is 0.670. The van der Waals surface area contributed by atoms with Crippen LogP contribution in [0, 0.1) is 0 Å². The lowest BCUT2D eigenvalue weighted by Gasteiger charge is -2.10. The van der Waals surface area contributed by atoms with Crippen molar-refractivity contribution in [2.75, 3.05) is 25.2 Å². The summed E-state index contributed by atoms with van der Waals surface area (Å²) < 4.78 is 6.04. The molecule has 0 aliphatic heterocycles. The Balaban J connectivity index is 3.24. The molecule has 0 bridgehead atoms. The summed E-state index contributed by atoms with van der Waals surface area (Å²) in [6.45, 7) is 0.